The van der Waals surface area contributed by atoms with E-state index in [-0.39, 0.29) is 0 Å². The third kappa shape index (κ3) is 3.74. The second-order valence-electron chi connectivity index (χ2n) is 6.37. The average Bonchev–Trinajstić information content (AvgIpc) is 2.85. The standard InChI is InChI=1S/C20H25NO5/c1-7-25-18-12(4)19-16(11(3)14(6)26-19)9-15(18)10(2)8-17(22)21-13(5)20(23)24/h8-9,13H,7H2,1-6H3,(H,21,22)(H,23,24)/b10-8+. The molecule has 0 radical (unpaired) electrons. The lowest BCUT2D eigenvalue weighted by atomic mass is 9.98. The van der Waals surface area contributed by atoms with Crippen molar-refractivity contribution in [1.82, 2.24) is 5.32 Å². The number of aryl methyl sites for hydroxylation is 3. The van der Waals surface area contributed by atoms with Crippen molar-refractivity contribution in [3.05, 3.63) is 34.6 Å². The summed E-state index contributed by atoms with van der Waals surface area (Å²) in [6.07, 6.45) is 1.39. The Balaban J connectivity index is 2.54. The van der Waals surface area contributed by atoms with Crippen LogP contribution in [0.15, 0.2) is 16.6 Å². The number of carbonyl (C=O) groups is 2. The van der Waals surface area contributed by atoms with E-state index in [1.54, 1.807) is 6.92 Å². The van der Waals surface area contributed by atoms with Gasteiger partial charge in [0.2, 0.25) is 5.91 Å². The van der Waals surface area contributed by atoms with Crippen LogP contribution >= 0.6 is 0 Å². The molecule has 1 amide bonds. The van der Waals surface area contributed by atoms with Crippen LogP contribution in [-0.2, 0) is 9.59 Å². The fourth-order valence-electron chi connectivity index (χ4n) is 2.83. The number of aliphatic carboxylic acids is 1. The number of carboxylic acids is 1. The molecule has 0 saturated heterocycles. The summed E-state index contributed by atoms with van der Waals surface area (Å²) in [5, 5.41) is 12.3. The zero-order valence-corrected chi connectivity index (χ0v) is 16.0. The van der Waals surface area contributed by atoms with E-state index in [9.17, 15) is 9.59 Å². The number of ether oxygens (including phenoxy) is 1. The number of nitrogens with one attached hydrogen (secondary N) is 1. The van der Waals surface area contributed by atoms with Gasteiger partial charge in [-0.1, -0.05) is 0 Å². The Labute approximate surface area is 152 Å². The third-order valence-corrected chi connectivity index (χ3v) is 4.44. The van der Waals surface area contributed by atoms with Crippen molar-refractivity contribution in [2.45, 2.75) is 47.6 Å². The van der Waals surface area contributed by atoms with E-state index >= 15 is 0 Å². The maximum Gasteiger partial charge on any atom is 0.325 e. The van der Waals surface area contributed by atoms with Gasteiger partial charge in [0.15, 0.2) is 0 Å². The van der Waals surface area contributed by atoms with Crippen molar-refractivity contribution >= 4 is 28.4 Å². The topological polar surface area (TPSA) is 88.8 Å². The van der Waals surface area contributed by atoms with Gasteiger partial charge in [0.1, 0.15) is 23.1 Å². The lowest BCUT2D eigenvalue weighted by molar-refractivity contribution is -0.140. The molecule has 2 aromatic rings. The van der Waals surface area contributed by atoms with Crippen molar-refractivity contribution in [3.63, 3.8) is 0 Å². The van der Waals surface area contributed by atoms with Crippen LogP contribution in [-0.4, -0.2) is 29.6 Å². The molecule has 6 heteroatoms. The Morgan fingerprint density at radius 1 is 1.31 bits per heavy atom. The minimum atomic E-state index is -1.08. The quantitative estimate of drug-likeness (QED) is 0.767. The molecule has 2 rings (SSSR count). The van der Waals surface area contributed by atoms with Crippen LogP contribution in [0.25, 0.3) is 16.5 Å². The average molecular weight is 359 g/mol. The lowest BCUT2D eigenvalue weighted by Gasteiger charge is -2.15. The zero-order chi connectivity index (χ0) is 19.6. The highest BCUT2D eigenvalue weighted by molar-refractivity contribution is 5.99. The van der Waals surface area contributed by atoms with E-state index < -0.39 is 17.9 Å². The number of furan rings is 1. The first-order valence-electron chi connectivity index (χ1n) is 8.55. The molecule has 0 spiro atoms. The monoisotopic (exact) mass is 359 g/mol. The zero-order valence-electron chi connectivity index (χ0n) is 16.0. The van der Waals surface area contributed by atoms with E-state index in [0.29, 0.717) is 17.9 Å². The summed E-state index contributed by atoms with van der Waals surface area (Å²) in [4.78, 5) is 23.0. The first kappa shape index (κ1) is 19.6. The van der Waals surface area contributed by atoms with Gasteiger partial charge in [-0.25, -0.2) is 0 Å². The van der Waals surface area contributed by atoms with Crippen LogP contribution in [0.4, 0.5) is 0 Å². The summed E-state index contributed by atoms with van der Waals surface area (Å²) in [5.74, 6) is -0.0298. The maximum absolute atomic E-state index is 12.1. The highest BCUT2D eigenvalue weighted by Crippen LogP contribution is 2.38. The van der Waals surface area contributed by atoms with Gasteiger partial charge in [-0.3, -0.25) is 9.59 Å². The molecule has 140 valence electrons. The van der Waals surface area contributed by atoms with Gasteiger partial charge in [-0.2, -0.15) is 0 Å². The molecule has 0 aliphatic rings. The highest BCUT2D eigenvalue weighted by atomic mass is 16.5. The van der Waals surface area contributed by atoms with Crippen LogP contribution in [0.1, 0.15) is 43.2 Å². The first-order valence-corrected chi connectivity index (χ1v) is 8.55. The summed E-state index contributed by atoms with van der Waals surface area (Å²) in [6.45, 7) is 11.4. The van der Waals surface area contributed by atoms with Crippen molar-refractivity contribution in [2.24, 2.45) is 0 Å². The molecule has 0 aliphatic carbocycles. The Bertz CT molecular complexity index is 891. The molecule has 0 aliphatic heterocycles. The number of amides is 1. The maximum atomic E-state index is 12.1. The van der Waals surface area contributed by atoms with Gasteiger partial charge < -0.3 is 19.6 Å². The fraction of sp³-hybridized carbons (Fsp3) is 0.400. The largest absolute Gasteiger partial charge is 0.493 e. The van der Waals surface area contributed by atoms with E-state index in [0.717, 1.165) is 33.4 Å². The summed E-state index contributed by atoms with van der Waals surface area (Å²) < 4.78 is 11.7. The molecule has 1 aromatic heterocycles. The minimum Gasteiger partial charge on any atom is -0.493 e. The van der Waals surface area contributed by atoms with Crippen LogP contribution in [0, 0.1) is 20.8 Å². The van der Waals surface area contributed by atoms with Gasteiger partial charge in [0.25, 0.3) is 0 Å². The summed E-state index contributed by atoms with van der Waals surface area (Å²) in [6, 6.07) is 1.000. The Kier molecular flexibility index (Phi) is 5.75. The number of fused-ring (bicyclic) bond motifs is 1. The molecule has 1 atom stereocenters. The number of hydrogen-bond donors (Lipinski definition) is 2. The van der Waals surface area contributed by atoms with E-state index in [4.69, 9.17) is 14.3 Å². The molecule has 1 heterocycles. The number of carboxylic acid groups (broad SMARTS) is 1. The number of benzene rings is 1. The molecule has 6 nitrogen and oxygen atoms in total. The van der Waals surface area contributed by atoms with E-state index in [1.165, 1.54) is 13.0 Å². The second-order valence-corrected chi connectivity index (χ2v) is 6.37. The predicted octanol–water partition coefficient (Wildman–Crippen LogP) is 3.75. The summed E-state index contributed by atoms with van der Waals surface area (Å²) in [5.41, 5.74) is 4.18. The van der Waals surface area contributed by atoms with Crippen LogP contribution in [0.5, 0.6) is 5.75 Å². The number of hydrogen-bond acceptors (Lipinski definition) is 4. The molecular weight excluding hydrogens is 334 g/mol. The van der Waals surface area contributed by atoms with Crippen LogP contribution in [0.3, 0.4) is 0 Å². The van der Waals surface area contributed by atoms with E-state index in [1.807, 2.05) is 33.8 Å². The number of allylic oxidation sites excluding steroid dienone is 1. The molecule has 1 aromatic carbocycles. The molecular formula is C20H25NO5. The van der Waals surface area contributed by atoms with Gasteiger partial charge in [0.05, 0.1) is 6.61 Å². The Morgan fingerprint density at radius 2 is 1.96 bits per heavy atom. The first-order chi connectivity index (χ1) is 12.2. The highest BCUT2D eigenvalue weighted by Gasteiger charge is 2.19. The third-order valence-electron chi connectivity index (χ3n) is 4.44. The number of rotatable bonds is 6. The molecule has 0 bridgehead atoms. The fourth-order valence-corrected chi connectivity index (χ4v) is 2.83. The Morgan fingerprint density at radius 3 is 2.54 bits per heavy atom. The Hall–Kier alpha value is -2.76. The SMILES string of the molecule is CCOc1c(/C(C)=C/C(=O)NC(C)C(=O)O)cc2c(C)c(C)oc2c1C. The van der Waals surface area contributed by atoms with E-state index in [2.05, 4.69) is 5.32 Å². The lowest BCUT2D eigenvalue weighted by Crippen LogP contribution is -2.37. The predicted molar refractivity (Wildman–Crippen MR) is 100 cm³/mol. The smallest absolute Gasteiger partial charge is 0.325 e. The van der Waals surface area contributed by atoms with Crippen molar-refractivity contribution in [2.75, 3.05) is 6.61 Å². The molecule has 26 heavy (non-hydrogen) atoms. The molecule has 2 N–H and O–H groups in total. The van der Waals surface area contributed by atoms with Crippen molar-refractivity contribution in [1.29, 1.82) is 0 Å². The molecule has 1 unspecified atom stereocenters. The normalized spacial score (nSPS) is 12.9. The van der Waals surface area contributed by atoms with Gasteiger partial charge >= 0.3 is 5.97 Å². The van der Waals surface area contributed by atoms with Crippen LogP contribution in [0.2, 0.25) is 0 Å². The van der Waals surface area contributed by atoms with Gasteiger partial charge in [0, 0.05) is 22.6 Å². The van der Waals surface area contributed by atoms with Gasteiger partial charge in [-0.15, -0.1) is 0 Å². The second kappa shape index (κ2) is 7.64. The van der Waals surface area contributed by atoms with Crippen LogP contribution < -0.4 is 10.1 Å². The minimum absolute atomic E-state index is 0.460. The molecule has 0 saturated carbocycles. The summed E-state index contributed by atoms with van der Waals surface area (Å²) >= 11 is 0. The van der Waals surface area contributed by atoms with Gasteiger partial charge in [-0.05, 0) is 58.7 Å². The van der Waals surface area contributed by atoms with Crippen molar-refractivity contribution in [3.8, 4) is 5.75 Å². The van der Waals surface area contributed by atoms with Crippen molar-refractivity contribution < 1.29 is 23.8 Å². The summed E-state index contributed by atoms with van der Waals surface area (Å²) in [7, 11) is 0. The molecule has 0 fully saturated rings. The number of carbonyl (C=O) groups excluding carboxylic acids is 1.